The fourth-order valence-corrected chi connectivity index (χ4v) is 2.90. The third-order valence-corrected chi connectivity index (χ3v) is 4.44. The average molecular weight is 381 g/mol. The largest absolute Gasteiger partial charge is 0.493 e. The van der Waals surface area contributed by atoms with Crippen molar-refractivity contribution in [3.05, 3.63) is 60.3 Å². The Hall–Kier alpha value is -3.06. The van der Waals surface area contributed by atoms with E-state index in [2.05, 4.69) is 15.3 Å². The van der Waals surface area contributed by atoms with Gasteiger partial charge in [-0.1, -0.05) is 42.1 Å². The van der Waals surface area contributed by atoms with Crippen molar-refractivity contribution < 1.29 is 14.3 Å². The zero-order chi connectivity index (χ0) is 19.2. The normalized spacial score (nSPS) is 10.3. The summed E-state index contributed by atoms with van der Waals surface area (Å²) in [4.78, 5) is 21.7. The van der Waals surface area contributed by atoms with Gasteiger partial charge >= 0.3 is 0 Å². The molecule has 1 amide bonds. The molecule has 0 bridgehead atoms. The summed E-state index contributed by atoms with van der Waals surface area (Å²) >= 11 is 1.43. The zero-order valence-electron chi connectivity index (χ0n) is 15.2. The van der Waals surface area contributed by atoms with E-state index in [1.807, 2.05) is 36.6 Å². The molecule has 1 heterocycles. The SMILES string of the molecule is COc1ccc(NC(=O)c2cnc(SC)nc2-c2ccccc2)cc1OC. The van der Waals surface area contributed by atoms with Crippen LogP contribution in [-0.2, 0) is 0 Å². The van der Waals surface area contributed by atoms with Crippen LogP contribution in [-0.4, -0.2) is 36.4 Å². The first-order valence-corrected chi connectivity index (χ1v) is 9.38. The van der Waals surface area contributed by atoms with Crippen molar-refractivity contribution in [3.63, 3.8) is 0 Å². The number of rotatable bonds is 6. The van der Waals surface area contributed by atoms with E-state index < -0.39 is 0 Å². The fraction of sp³-hybridized carbons (Fsp3) is 0.150. The molecule has 0 saturated carbocycles. The van der Waals surface area contributed by atoms with Gasteiger partial charge in [0.05, 0.1) is 25.5 Å². The highest BCUT2D eigenvalue weighted by atomic mass is 32.2. The minimum Gasteiger partial charge on any atom is -0.493 e. The molecule has 0 aliphatic carbocycles. The number of ether oxygens (including phenoxy) is 2. The van der Waals surface area contributed by atoms with Crippen LogP contribution < -0.4 is 14.8 Å². The molecule has 1 N–H and O–H groups in total. The zero-order valence-corrected chi connectivity index (χ0v) is 16.0. The highest BCUT2D eigenvalue weighted by Gasteiger charge is 2.17. The number of anilines is 1. The number of benzene rings is 2. The fourth-order valence-electron chi connectivity index (χ4n) is 2.56. The van der Waals surface area contributed by atoms with Gasteiger partial charge in [-0.25, -0.2) is 9.97 Å². The number of aromatic nitrogens is 2. The van der Waals surface area contributed by atoms with Gasteiger partial charge in [0.1, 0.15) is 0 Å². The number of carbonyl (C=O) groups excluding carboxylic acids is 1. The number of amides is 1. The summed E-state index contributed by atoms with van der Waals surface area (Å²) in [7, 11) is 3.11. The lowest BCUT2D eigenvalue weighted by Gasteiger charge is -2.12. The van der Waals surface area contributed by atoms with Crippen LogP contribution in [0, 0.1) is 0 Å². The predicted octanol–water partition coefficient (Wildman–Crippen LogP) is 4.14. The Morgan fingerprint density at radius 3 is 2.44 bits per heavy atom. The van der Waals surface area contributed by atoms with Gasteiger partial charge in [-0.2, -0.15) is 0 Å². The highest BCUT2D eigenvalue weighted by Crippen LogP contribution is 2.30. The topological polar surface area (TPSA) is 73.3 Å². The molecule has 0 fully saturated rings. The van der Waals surface area contributed by atoms with Crippen molar-refractivity contribution in [2.75, 3.05) is 25.8 Å². The molecule has 3 aromatic rings. The summed E-state index contributed by atoms with van der Waals surface area (Å²) in [5.41, 5.74) is 2.43. The molecule has 0 unspecified atom stereocenters. The smallest absolute Gasteiger partial charge is 0.259 e. The Balaban J connectivity index is 1.95. The molecule has 3 rings (SSSR count). The lowest BCUT2D eigenvalue weighted by Crippen LogP contribution is -2.15. The molecular formula is C20H19N3O3S. The minimum absolute atomic E-state index is 0.297. The molecule has 0 aliphatic rings. The van der Waals surface area contributed by atoms with Gasteiger partial charge in [0.25, 0.3) is 5.91 Å². The Morgan fingerprint density at radius 1 is 1.04 bits per heavy atom. The Kier molecular flexibility index (Phi) is 5.93. The van der Waals surface area contributed by atoms with Gasteiger partial charge < -0.3 is 14.8 Å². The van der Waals surface area contributed by atoms with E-state index in [0.717, 1.165) is 5.56 Å². The summed E-state index contributed by atoms with van der Waals surface area (Å²) in [6.45, 7) is 0. The first-order valence-electron chi connectivity index (χ1n) is 8.16. The van der Waals surface area contributed by atoms with E-state index in [1.54, 1.807) is 38.6 Å². The molecule has 1 aromatic heterocycles. The van der Waals surface area contributed by atoms with E-state index in [4.69, 9.17) is 9.47 Å². The van der Waals surface area contributed by atoms with E-state index >= 15 is 0 Å². The molecule has 6 nitrogen and oxygen atoms in total. The Labute approximate surface area is 162 Å². The number of thioether (sulfide) groups is 1. The lowest BCUT2D eigenvalue weighted by molar-refractivity contribution is 0.102. The summed E-state index contributed by atoms with van der Waals surface area (Å²) in [5, 5.41) is 3.48. The van der Waals surface area contributed by atoms with Crippen molar-refractivity contribution in [1.82, 2.24) is 9.97 Å². The van der Waals surface area contributed by atoms with E-state index in [-0.39, 0.29) is 5.91 Å². The number of methoxy groups -OCH3 is 2. The van der Waals surface area contributed by atoms with Crippen molar-refractivity contribution in [3.8, 4) is 22.8 Å². The van der Waals surface area contributed by atoms with Crippen molar-refractivity contribution >= 4 is 23.4 Å². The second kappa shape index (κ2) is 8.55. The van der Waals surface area contributed by atoms with Gasteiger partial charge in [0, 0.05) is 23.5 Å². The van der Waals surface area contributed by atoms with Crippen molar-refractivity contribution in [1.29, 1.82) is 0 Å². The van der Waals surface area contributed by atoms with Crippen LogP contribution in [0.2, 0.25) is 0 Å². The van der Waals surface area contributed by atoms with Gasteiger partial charge in [-0.3, -0.25) is 4.79 Å². The number of nitrogens with one attached hydrogen (secondary N) is 1. The van der Waals surface area contributed by atoms with Crippen molar-refractivity contribution in [2.45, 2.75) is 5.16 Å². The molecule has 0 aliphatic heterocycles. The number of hydrogen-bond acceptors (Lipinski definition) is 6. The average Bonchev–Trinajstić information content (AvgIpc) is 2.73. The van der Waals surface area contributed by atoms with Crippen LogP contribution in [0.3, 0.4) is 0 Å². The highest BCUT2D eigenvalue weighted by molar-refractivity contribution is 7.98. The Morgan fingerprint density at radius 2 is 1.78 bits per heavy atom. The van der Waals surface area contributed by atoms with E-state index in [9.17, 15) is 4.79 Å². The molecule has 0 radical (unpaired) electrons. The second-order valence-corrected chi connectivity index (χ2v) is 6.28. The number of carbonyl (C=O) groups is 1. The molecule has 0 saturated heterocycles. The number of nitrogens with zero attached hydrogens (tertiary/aromatic N) is 2. The van der Waals surface area contributed by atoms with E-state index in [0.29, 0.717) is 33.6 Å². The predicted molar refractivity (Wildman–Crippen MR) is 107 cm³/mol. The first-order chi connectivity index (χ1) is 13.2. The summed E-state index contributed by atoms with van der Waals surface area (Å²) in [5.74, 6) is 0.828. The molecule has 27 heavy (non-hydrogen) atoms. The Bertz CT molecular complexity index is 948. The molecule has 138 valence electrons. The molecule has 7 heteroatoms. The number of hydrogen-bond donors (Lipinski definition) is 1. The molecule has 0 spiro atoms. The van der Waals surface area contributed by atoms with Crippen molar-refractivity contribution in [2.24, 2.45) is 0 Å². The second-order valence-electron chi connectivity index (χ2n) is 5.51. The van der Waals surface area contributed by atoms with Crippen LogP contribution in [0.1, 0.15) is 10.4 Å². The quantitative estimate of drug-likeness (QED) is 0.511. The van der Waals surface area contributed by atoms with Gasteiger partial charge in [-0.15, -0.1) is 0 Å². The van der Waals surface area contributed by atoms with Crippen LogP contribution in [0.15, 0.2) is 59.9 Å². The van der Waals surface area contributed by atoms with Crippen LogP contribution in [0.25, 0.3) is 11.3 Å². The van der Waals surface area contributed by atoms with Gasteiger partial charge in [0.15, 0.2) is 16.7 Å². The third-order valence-electron chi connectivity index (χ3n) is 3.88. The third kappa shape index (κ3) is 4.20. The molecular weight excluding hydrogens is 362 g/mol. The van der Waals surface area contributed by atoms with Crippen LogP contribution >= 0.6 is 11.8 Å². The lowest BCUT2D eigenvalue weighted by atomic mass is 10.1. The van der Waals surface area contributed by atoms with E-state index in [1.165, 1.54) is 11.8 Å². The summed E-state index contributed by atoms with van der Waals surface area (Å²) in [6.07, 6.45) is 3.45. The maximum absolute atomic E-state index is 12.9. The maximum atomic E-state index is 12.9. The van der Waals surface area contributed by atoms with Crippen LogP contribution in [0.5, 0.6) is 11.5 Å². The first kappa shape index (κ1) is 18.7. The summed E-state index contributed by atoms with van der Waals surface area (Å²) in [6, 6.07) is 14.8. The molecule has 0 atom stereocenters. The maximum Gasteiger partial charge on any atom is 0.259 e. The molecule has 2 aromatic carbocycles. The van der Waals surface area contributed by atoms with Crippen LogP contribution in [0.4, 0.5) is 5.69 Å². The summed E-state index contributed by atoms with van der Waals surface area (Å²) < 4.78 is 10.5. The minimum atomic E-state index is -0.297. The monoisotopic (exact) mass is 381 g/mol. The van der Waals surface area contributed by atoms with Gasteiger partial charge in [-0.05, 0) is 18.4 Å². The standard InChI is InChI=1S/C20H19N3O3S/c1-25-16-10-9-14(11-17(16)26-2)22-19(24)15-12-21-20(27-3)23-18(15)13-7-5-4-6-8-13/h4-12H,1-3H3,(H,22,24). The van der Waals surface area contributed by atoms with Gasteiger partial charge in [0.2, 0.25) is 0 Å².